The summed E-state index contributed by atoms with van der Waals surface area (Å²) in [4.78, 5) is 14.9. The maximum atomic E-state index is 13.6. The van der Waals surface area contributed by atoms with Crippen LogP contribution in [0.25, 0.3) is 11.1 Å². The lowest BCUT2D eigenvalue weighted by Crippen LogP contribution is -2.55. The van der Waals surface area contributed by atoms with E-state index < -0.39 is 25.0 Å². The van der Waals surface area contributed by atoms with Gasteiger partial charge in [-0.15, -0.1) is 0 Å². The fourth-order valence-corrected chi connectivity index (χ4v) is 5.04. The van der Waals surface area contributed by atoms with Crippen LogP contribution in [0.5, 0.6) is 0 Å². The van der Waals surface area contributed by atoms with E-state index in [1.54, 1.807) is 35.2 Å². The number of amides is 1. The van der Waals surface area contributed by atoms with Gasteiger partial charge in [0.05, 0.1) is 18.1 Å². The van der Waals surface area contributed by atoms with E-state index in [1.165, 1.54) is 36.4 Å². The van der Waals surface area contributed by atoms with Crippen molar-refractivity contribution < 1.29 is 28.7 Å². The molecule has 1 aliphatic rings. The number of carbonyl (C=O) groups is 1. The highest BCUT2D eigenvalue weighted by Crippen LogP contribution is 2.46. The molecule has 0 radical (unpaired) electrons. The van der Waals surface area contributed by atoms with Gasteiger partial charge >= 0.3 is 7.12 Å². The molecule has 1 heterocycles. The summed E-state index contributed by atoms with van der Waals surface area (Å²) >= 11 is 0. The molecule has 3 N–H and O–H groups in total. The molecule has 5 nitrogen and oxygen atoms in total. The van der Waals surface area contributed by atoms with Gasteiger partial charge in [0, 0.05) is 5.69 Å². The number of aliphatic hydroxyl groups excluding tert-OH is 1. The largest absolute Gasteiger partial charge is 0.488 e. The fraction of sp³-hybridized carbons (Fsp3) is 0.167. The fourth-order valence-electron chi connectivity index (χ4n) is 5.04. The molecule has 5 rings (SSSR count). The molecular formula is C30H26BF2NO4. The van der Waals surface area contributed by atoms with Crippen LogP contribution < -0.4 is 10.4 Å². The quantitative estimate of drug-likeness (QED) is 0.239. The van der Waals surface area contributed by atoms with Crippen LogP contribution in [0, 0.1) is 17.6 Å². The topological polar surface area (TPSA) is 81.0 Å². The Hall–Kier alpha value is -3.85. The molecule has 4 aromatic rings. The number of carbonyl (C=O) groups excluding carboxylic acids is 1. The van der Waals surface area contributed by atoms with E-state index in [1.807, 2.05) is 30.3 Å². The van der Waals surface area contributed by atoms with E-state index in [0.29, 0.717) is 29.6 Å². The zero-order chi connectivity index (χ0) is 26.8. The van der Waals surface area contributed by atoms with Crippen LogP contribution in [-0.2, 0) is 4.79 Å². The van der Waals surface area contributed by atoms with Crippen molar-refractivity contribution in [2.45, 2.75) is 25.0 Å². The first-order valence-corrected chi connectivity index (χ1v) is 12.4. The van der Waals surface area contributed by atoms with Crippen molar-refractivity contribution in [3.05, 3.63) is 120 Å². The van der Waals surface area contributed by atoms with Gasteiger partial charge in [-0.2, -0.15) is 0 Å². The molecule has 0 saturated carbocycles. The monoisotopic (exact) mass is 513 g/mol. The maximum absolute atomic E-state index is 13.6. The Morgan fingerprint density at radius 2 is 1.45 bits per heavy atom. The van der Waals surface area contributed by atoms with Crippen LogP contribution in [0.4, 0.5) is 14.5 Å². The molecule has 1 aliphatic heterocycles. The van der Waals surface area contributed by atoms with Gasteiger partial charge in [-0.3, -0.25) is 4.79 Å². The third-order valence-electron chi connectivity index (χ3n) is 7.09. The lowest BCUT2D eigenvalue weighted by molar-refractivity contribution is -0.131. The molecular weight excluding hydrogens is 487 g/mol. The molecule has 0 bridgehead atoms. The molecule has 192 valence electrons. The minimum Gasteiger partial charge on any atom is -0.423 e. The van der Waals surface area contributed by atoms with Crippen molar-refractivity contribution >= 4 is 24.2 Å². The predicted octanol–water partition coefficient (Wildman–Crippen LogP) is 4.53. The lowest BCUT2D eigenvalue weighted by Gasteiger charge is -2.48. The molecule has 38 heavy (non-hydrogen) atoms. The normalized spacial score (nSPS) is 17.7. The second kappa shape index (κ2) is 10.9. The van der Waals surface area contributed by atoms with Gasteiger partial charge in [0.2, 0.25) is 5.91 Å². The second-order valence-electron chi connectivity index (χ2n) is 9.50. The van der Waals surface area contributed by atoms with E-state index in [4.69, 9.17) is 0 Å². The summed E-state index contributed by atoms with van der Waals surface area (Å²) in [5, 5.41) is 29.6. The van der Waals surface area contributed by atoms with Gasteiger partial charge in [0.15, 0.2) is 0 Å². The first kappa shape index (κ1) is 25.8. The Balaban J connectivity index is 1.40. The predicted molar refractivity (Wildman–Crippen MR) is 142 cm³/mol. The standard InChI is InChI=1S/C30H26BF2NO4/c32-24-10-8-20(9-11-24)28(35)17-16-27-29(34(30(27)36)26-14-12-25(33)13-15-26)21-6-4-19(5-7-21)22-2-1-3-23(18-22)31(37)38/h1-15,18,27-29,35,37-38H,16-17H2/t27-,28+,29-/m1/s1. The highest BCUT2D eigenvalue weighted by atomic mass is 19.1. The van der Waals surface area contributed by atoms with Crippen LogP contribution in [0.3, 0.4) is 0 Å². The number of nitrogens with zero attached hydrogens (tertiary/aromatic N) is 1. The van der Waals surface area contributed by atoms with Crippen molar-refractivity contribution in [2.24, 2.45) is 5.92 Å². The number of halogens is 2. The molecule has 1 saturated heterocycles. The third-order valence-corrected chi connectivity index (χ3v) is 7.09. The number of anilines is 1. The summed E-state index contributed by atoms with van der Waals surface area (Å²) in [5.41, 5.74) is 4.14. The number of hydrogen-bond donors (Lipinski definition) is 3. The Kier molecular flexibility index (Phi) is 7.38. The zero-order valence-electron chi connectivity index (χ0n) is 20.4. The average Bonchev–Trinajstić information content (AvgIpc) is 2.93. The Labute approximate surface area is 219 Å². The van der Waals surface area contributed by atoms with E-state index in [9.17, 15) is 28.7 Å². The minimum absolute atomic E-state index is 0.110. The van der Waals surface area contributed by atoms with Crippen LogP contribution in [0.1, 0.15) is 36.1 Å². The van der Waals surface area contributed by atoms with Crippen molar-refractivity contribution in [2.75, 3.05) is 4.90 Å². The van der Waals surface area contributed by atoms with Crippen LogP contribution in [0.2, 0.25) is 0 Å². The van der Waals surface area contributed by atoms with Gasteiger partial charge in [-0.05, 0) is 77.0 Å². The first-order valence-electron chi connectivity index (χ1n) is 12.4. The van der Waals surface area contributed by atoms with Crippen LogP contribution >= 0.6 is 0 Å². The summed E-state index contributed by atoms with van der Waals surface area (Å²) in [6, 6.07) is 25.8. The van der Waals surface area contributed by atoms with Gasteiger partial charge in [0.25, 0.3) is 0 Å². The Bertz CT molecular complexity index is 1410. The molecule has 1 fully saturated rings. The van der Waals surface area contributed by atoms with Crippen LogP contribution in [-0.4, -0.2) is 28.2 Å². The third kappa shape index (κ3) is 5.24. The van der Waals surface area contributed by atoms with Gasteiger partial charge in [-0.25, -0.2) is 8.78 Å². The molecule has 4 aromatic carbocycles. The summed E-state index contributed by atoms with van der Waals surface area (Å²) in [5.74, 6) is -1.28. The highest BCUT2D eigenvalue weighted by Gasteiger charge is 2.48. The highest BCUT2D eigenvalue weighted by molar-refractivity contribution is 6.58. The molecule has 0 aromatic heterocycles. The van der Waals surface area contributed by atoms with E-state index in [-0.39, 0.29) is 17.8 Å². The number of β-lactam (4-membered cyclic amide) rings is 1. The van der Waals surface area contributed by atoms with Crippen molar-refractivity contribution in [1.82, 2.24) is 0 Å². The Morgan fingerprint density at radius 3 is 2.08 bits per heavy atom. The zero-order valence-corrected chi connectivity index (χ0v) is 20.4. The minimum atomic E-state index is -1.56. The van der Waals surface area contributed by atoms with E-state index in [2.05, 4.69) is 0 Å². The number of hydrogen-bond acceptors (Lipinski definition) is 4. The summed E-state index contributed by atoms with van der Waals surface area (Å²) in [7, 11) is -1.56. The number of aliphatic hydroxyl groups is 1. The van der Waals surface area contributed by atoms with Gasteiger partial charge < -0.3 is 20.1 Å². The summed E-state index contributed by atoms with van der Waals surface area (Å²) in [6.07, 6.45) is -0.0947. The summed E-state index contributed by atoms with van der Waals surface area (Å²) < 4.78 is 26.8. The van der Waals surface area contributed by atoms with Crippen molar-refractivity contribution in [1.29, 1.82) is 0 Å². The maximum Gasteiger partial charge on any atom is 0.488 e. The smallest absolute Gasteiger partial charge is 0.423 e. The number of rotatable bonds is 8. The molecule has 0 unspecified atom stereocenters. The van der Waals surface area contributed by atoms with E-state index in [0.717, 1.165) is 16.7 Å². The number of benzene rings is 4. The first-order chi connectivity index (χ1) is 18.3. The second-order valence-corrected chi connectivity index (χ2v) is 9.50. The Morgan fingerprint density at radius 1 is 0.816 bits per heavy atom. The molecule has 0 spiro atoms. The van der Waals surface area contributed by atoms with E-state index >= 15 is 0 Å². The average molecular weight is 513 g/mol. The SMILES string of the molecule is O=C1[C@H](CC[C@H](O)c2ccc(F)cc2)[C@@H](c2ccc(-c3cccc(B(O)O)c3)cc2)N1c1ccc(F)cc1. The van der Waals surface area contributed by atoms with Crippen molar-refractivity contribution in [3.63, 3.8) is 0 Å². The summed E-state index contributed by atoms with van der Waals surface area (Å²) in [6.45, 7) is 0. The molecule has 0 aliphatic carbocycles. The van der Waals surface area contributed by atoms with Crippen molar-refractivity contribution in [3.8, 4) is 11.1 Å². The lowest BCUT2D eigenvalue weighted by atomic mass is 9.77. The molecule has 8 heteroatoms. The van der Waals surface area contributed by atoms with Gasteiger partial charge in [-0.1, -0.05) is 60.7 Å². The molecule has 3 atom stereocenters. The van der Waals surface area contributed by atoms with Crippen LogP contribution in [0.15, 0.2) is 97.1 Å². The van der Waals surface area contributed by atoms with Gasteiger partial charge in [0.1, 0.15) is 11.6 Å². The molecule has 1 amide bonds.